The van der Waals surface area contributed by atoms with Crippen molar-refractivity contribution in [3.63, 3.8) is 0 Å². The third-order valence-electron chi connectivity index (χ3n) is 2.37. The molecule has 0 saturated carbocycles. The Morgan fingerprint density at radius 3 is 2.79 bits per heavy atom. The van der Waals surface area contributed by atoms with Crippen LogP contribution in [0.25, 0.3) is 0 Å². The molecule has 0 amide bonds. The summed E-state index contributed by atoms with van der Waals surface area (Å²) in [5.74, 6) is -0.543. The third-order valence-corrected chi connectivity index (χ3v) is 2.37. The van der Waals surface area contributed by atoms with Gasteiger partial charge in [-0.3, -0.25) is 4.79 Å². The van der Waals surface area contributed by atoms with Crippen LogP contribution in [0, 0.1) is 0 Å². The summed E-state index contributed by atoms with van der Waals surface area (Å²) in [5, 5.41) is 19.1. The second kappa shape index (κ2) is 3.47. The summed E-state index contributed by atoms with van der Waals surface area (Å²) in [4.78, 5) is 10.7. The van der Waals surface area contributed by atoms with E-state index in [1.54, 1.807) is 0 Å². The first kappa shape index (κ1) is 9.85. The Morgan fingerprint density at radius 2 is 2.14 bits per heavy atom. The highest BCUT2D eigenvalue weighted by Crippen LogP contribution is 2.29. The van der Waals surface area contributed by atoms with Gasteiger partial charge in [0.2, 0.25) is 0 Å². The highest BCUT2D eigenvalue weighted by molar-refractivity contribution is 5.66. The number of ether oxygens (including phenoxy) is 3. The molecular formula is C8H12O6. The van der Waals surface area contributed by atoms with Gasteiger partial charge in [-0.15, -0.1) is 0 Å². The van der Waals surface area contributed by atoms with Gasteiger partial charge in [-0.1, -0.05) is 0 Å². The fourth-order valence-corrected chi connectivity index (χ4v) is 1.68. The molecule has 2 fully saturated rings. The Labute approximate surface area is 80.4 Å². The summed E-state index contributed by atoms with van der Waals surface area (Å²) in [6, 6.07) is 0. The van der Waals surface area contributed by atoms with E-state index in [2.05, 4.69) is 0 Å². The monoisotopic (exact) mass is 204 g/mol. The van der Waals surface area contributed by atoms with E-state index < -0.39 is 36.7 Å². The van der Waals surface area contributed by atoms with Crippen LogP contribution in [0.4, 0.5) is 0 Å². The van der Waals surface area contributed by atoms with Crippen LogP contribution in [0.3, 0.4) is 0 Å². The molecule has 0 aromatic heterocycles. The van der Waals surface area contributed by atoms with E-state index in [0.29, 0.717) is 0 Å². The van der Waals surface area contributed by atoms with Gasteiger partial charge in [-0.2, -0.15) is 0 Å². The van der Waals surface area contributed by atoms with Crippen LogP contribution >= 0.6 is 0 Å². The Morgan fingerprint density at radius 1 is 1.43 bits per heavy atom. The molecule has 6 nitrogen and oxygen atoms in total. The van der Waals surface area contributed by atoms with Gasteiger partial charge < -0.3 is 24.4 Å². The van der Waals surface area contributed by atoms with Crippen LogP contribution in [-0.2, 0) is 19.0 Å². The van der Waals surface area contributed by atoms with Crippen molar-refractivity contribution >= 4 is 5.97 Å². The number of rotatable bonds is 1. The molecule has 14 heavy (non-hydrogen) atoms. The largest absolute Gasteiger partial charge is 0.454 e. The van der Waals surface area contributed by atoms with Crippen molar-refractivity contribution < 1.29 is 29.2 Å². The van der Waals surface area contributed by atoms with Crippen molar-refractivity contribution in [2.24, 2.45) is 0 Å². The maximum Gasteiger partial charge on any atom is 0.303 e. The molecule has 0 aromatic carbocycles. The summed E-state index contributed by atoms with van der Waals surface area (Å²) in [6.07, 6.45) is -4.45. The van der Waals surface area contributed by atoms with Gasteiger partial charge in [0, 0.05) is 6.92 Å². The predicted molar refractivity (Wildman–Crippen MR) is 42.2 cm³/mol. The van der Waals surface area contributed by atoms with Crippen LogP contribution in [0.2, 0.25) is 0 Å². The first-order valence-corrected chi connectivity index (χ1v) is 4.40. The van der Waals surface area contributed by atoms with Gasteiger partial charge in [-0.25, -0.2) is 0 Å². The summed E-state index contributed by atoms with van der Waals surface area (Å²) in [5.41, 5.74) is 0. The number of aliphatic hydroxyl groups excluding tert-OH is 2. The average molecular weight is 204 g/mol. The average Bonchev–Trinajstić information content (AvgIpc) is 2.55. The number of aliphatic hydroxyl groups is 2. The number of carbonyl (C=O) groups excluding carboxylic acids is 1. The van der Waals surface area contributed by atoms with Crippen LogP contribution in [0.1, 0.15) is 6.92 Å². The Balaban J connectivity index is 2.10. The van der Waals surface area contributed by atoms with Crippen molar-refractivity contribution in [2.45, 2.75) is 37.6 Å². The molecule has 2 bridgehead atoms. The minimum absolute atomic E-state index is 0.209. The van der Waals surface area contributed by atoms with E-state index in [-0.39, 0.29) is 6.61 Å². The second-order valence-electron chi connectivity index (χ2n) is 3.43. The zero-order valence-corrected chi connectivity index (χ0v) is 7.62. The molecule has 80 valence electrons. The lowest BCUT2D eigenvalue weighted by Gasteiger charge is -2.34. The van der Waals surface area contributed by atoms with Crippen LogP contribution in [0.5, 0.6) is 0 Å². The van der Waals surface area contributed by atoms with Gasteiger partial charge in [0.05, 0.1) is 6.61 Å². The normalized spacial score (nSPS) is 46.4. The van der Waals surface area contributed by atoms with Gasteiger partial charge in [-0.05, 0) is 0 Å². The molecule has 2 rings (SSSR count). The van der Waals surface area contributed by atoms with E-state index >= 15 is 0 Å². The van der Waals surface area contributed by atoms with E-state index in [0.717, 1.165) is 0 Å². The number of fused-ring (bicyclic) bond motifs is 2. The zero-order valence-electron chi connectivity index (χ0n) is 7.62. The highest BCUT2D eigenvalue weighted by Gasteiger charge is 2.51. The maximum atomic E-state index is 10.7. The standard InChI is InChI=1S/C8H12O6/c1-3(9)13-7-6(11)5(10)4-2-12-8(7)14-4/h4-8,10-11H,2H2,1H3/t4-,5+,6+,7-,8-/m1/s1. The topological polar surface area (TPSA) is 85.2 Å². The fourth-order valence-electron chi connectivity index (χ4n) is 1.68. The SMILES string of the molecule is CC(=O)O[C@H]1[C@@H]2OC[C@@H](O2)[C@H](O)[C@@H]1O. The Kier molecular flexibility index (Phi) is 2.44. The lowest BCUT2D eigenvalue weighted by Crippen LogP contribution is -2.55. The molecule has 2 heterocycles. The van der Waals surface area contributed by atoms with Crippen molar-refractivity contribution in [3.8, 4) is 0 Å². The zero-order chi connectivity index (χ0) is 10.3. The molecule has 0 unspecified atom stereocenters. The lowest BCUT2D eigenvalue weighted by atomic mass is 10.0. The molecular weight excluding hydrogens is 192 g/mol. The lowest BCUT2D eigenvalue weighted by molar-refractivity contribution is -0.239. The minimum atomic E-state index is -1.15. The third kappa shape index (κ3) is 1.50. The van der Waals surface area contributed by atoms with E-state index in [9.17, 15) is 15.0 Å². The molecule has 0 radical (unpaired) electrons. The Hall–Kier alpha value is -0.690. The molecule has 0 aliphatic carbocycles. The van der Waals surface area contributed by atoms with Crippen LogP contribution < -0.4 is 0 Å². The summed E-state index contributed by atoms with van der Waals surface area (Å²) in [6.45, 7) is 1.43. The smallest absolute Gasteiger partial charge is 0.303 e. The number of hydrogen-bond acceptors (Lipinski definition) is 6. The molecule has 6 heteroatoms. The van der Waals surface area contributed by atoms with Crippen LogP contribution in [0.15, 0.2) is 0 Å². The summed E-state index contributed by atoms with van der Waals surface area (Å²) >= 11 is 0. The number of hydrogen-bond donors (Lipinski definition) is 2. The quantitative estimate of drug-likeness (QED) is 0.500. The second-order valence-corrected chi connectivity index (χ2v) is 3.43. The van der Waals surface area contributed by atoms with Gasteiger partial charge in [0.1, 0.15) is 18.3 Å². The Bertz CT molecular complexity index is 242. The highest BCUT2D eigenvalue weighted by atomic mass is 16.8. The molecule has 0 spiro atoms. The predicted octanol–water partition coefficient (Wildman–Crippen LogP) is -1.60. The van der Waals surface area contributed by atoms with Crippen molar-refractivity contribution in [1.82, 2.24) is 0 Å². The number of carbonyl (C=O) groups is 1. The molecule has 2 saturated heterocycles. The molecule has 2 aliphatic heterocycles. The molecule has 2 N–H and O–H groups in total. The first-order valence-electron chi connectivity index (χ1n) is 4.40. The van der Waals surface area contributed by atoms with Gasteiger partial charge in [0.25, 0.3) is 0 Å². The minimum Gasteiger partial charge on any atom is -0.454 e. The fraction of sp³-hybridized carbons (Fsp3) is 0.875. The van der Waals surface area contributed by atoms with Crippen molar-refractivity contribution in [1.29, 1.82) is 0 Å². The van der Waals surface area contributed by atoms with E-state index in [1.165, 1.54) is 6.92 Å². The molecule has 0 aromatic rings. The van der Waals surface area contributed by atoms with Crippen molar-refractivity contribution in [3.05, 3.63) is 0 Å². The summed E-state index contributed by atoms with van der Waals surface area (Å²) in [7, 11) is 0. The van der Waals surface area contributed by atoms with Gasteiger partial charge in [0.15, 0.2) is 12.4 Å². The van der Waals surface area contributed by atoms with Crippen LogP contribution in [-0.4, -0.2) is 53.5 Å². The van der Waals surface area contributed by atoms with E-state index in [4.69, 9.17) is 14.2 Å². The molecule has 5 atom stereocenters. The molecule has 2 aliphatic rings. The summed E-state index contributed by atoms with van der Waals surface area (Å²) < 4.78 is 15.1. The van der Waals surface area contributed by atoms with Gasteiger partial charge >= 0.3 is 5.97 Å². The first-order chi connectivity index (χ1) is 6.59. The van der Waals surface area contributed by atoms with Crippen molar-refractivity contribution in [2.75, 3.05) is 6.61 Å². The van der Waals surface area contributed by atoms with E-state index in [1.807, 2.05) is 0 Å². The maximum absolute atomic E-state index is 10.7. The number of esters is 1.